The number of carbonyl (C=O) groups excluding carboxylic acids is 1. The van der Waals surface area contributed by atoms with Crippen LogP contribution in [0, 0.1) is 35.0 Å². The number of hydrogen-bond acceptors (Lipinski definition) is 2. The van der Waals surface area contributed by atoms with E-state index in [4.69, 9.17) is 5.26 Å². The van der Waals surface area contributed by atoms with Crippen molar-refractivity contribution in [3.63, 3.8) is 0 Å². The van der Waals surface area contributed by atoms with Gasteiger partial charge in [0.15, 0.2) is 0 Å². The average molecular weight is 262 g/mol. The van der Waals surface area contributed by atoms with E-state index in [2.05, 4.69) is 6.07 Å². The lowest BCUT2D eigenvalue weighted by Crippen LogP contribution is -2.39. The molecule has 4 unspecified atom stereocenters. The second-order valence-electron chi connectivity index (χ2n) is 6.56. The first kappa shape index (κ1) is 14.4. The van der Waals surface area contributed by atoms with Crippen LogP contribution in [-0.4, -0.2) is 24.4 Å². The molecule has 0 bridgehead atoms. The normalized spacial score (nSPS) is 31.9. The topological polar surface area (TPSA) is 44.1 Å². The van der Waals surface area contributed by atoms with E-state index in [0.717, 1.165) is 24.7 Å². The molecule has 2 saturated carbocycles. The van der Waals surface area contributed by atoms with Gasteiger partial charge in [0.05, 0.1) is 12.0 Å². The van der Waals surface area contributed by atoms with Gasteiger partial charge in [0.25, 0.3) is 0 Å². The van der Waals surface area contributed by atoms with Gasteiger partial charge < -0.3 is 4.90 Å². The summed E-state index contributed by atoms with van der Waals surface area (Å²) in [5.74, 6) is 2.10. The van der Waals surface area contributed by atoms with Crippen molar-refractivity contribution in [3.05, 3.63) is 0 Å². The van der Waals surface area contributed by atoms with Crippen LogP contribution in [0.5, 0.6) is 0 Å². The molecule has 2 rings (SSSR count). The first-order chi connectivity index (χ1) is 9.11. The quantitative estimate of drug-likeness (QED) is 0.784. The lowest BCUT2D eigenvalue weighted by atomic mass is 9.67. The number of hydrogen-bond donors (Lipinski definition) is 0. The summed E-state index contributed by atoms with van der Waals surface area (Å²) in [6.45, 7) is 2.45. The highest BCUT2D eigenvalue weighted by Crippen LogP contribution is 2.43. The van der Waals surface area contributed by atoms with Gasteiger partial charge in [0.2, 0.25) is 5.91 Å². The highest BCUT2D eigenvalue weighted by atomic mass is 16.2. The molecule has 4 atom stereocenters. The highest BCUT2D eigenvalue weighted by Gasteiger charge is 2.35. The monoisotopic (exact) mass is 262 g/mol. The summed E-state index contributed by atoms with van der Waals surface area (Å²) in [5, 5.41) is 8.84. The van der Waals surface area contributed by atoms with E-state index >= 15 is 0 Å². The van der Waals surface area contributed by atoms with Crippen LogP contribution in [0.1, 0.15) is 51.9 Å². The van der Waals surface area contributed by atoms with Crippen LogP contribution in [0.2, 0.25) is 0 Å². The average Bonchev–Trinajstić information content (AvgIpc) is 2.45. The highest BCUT2D eigenvalue weighted by molar-refractivity contribution is 5.78. The zero-order valence-corrected chi connectivity index (χ0v) is 12.3. The third-order valence-corrected chi connectivity index (χ3v) is 5.03. The molecular weight excluding hydrogens is 236 g/mol. The molecule has 0 radical (unpaired) electrons. The van der Waals surface area contributed by atoms with Crippen molar-refractivity contribution in [1.29, 1.82) is 5.26 Å². The summed E-state index contributed by atoms with van der Waals surface area (Å²) in [6.07, 6.45) is 8.84. The van der Waals surface area contributed by atoms with Crippen molar-refractivity contribution < 1.29 is 4.79 Å². The van der Waals surface area contributed by atoms with E-state index in [9.17, 15) is 4.79 Å². The first-order valence-corrected chi connectivity index (χ1v) is 7.76. The van der Waals surface area contributed by atoms with Crippen molar-refractivity contribution in [3.8, 4) is 6.07 Å². The number of amides is 1. The van der Waals surface area contributed by atoms with E-state index in [1.807, 2.05) is 14.0 Å². The Kier molecular flexibility index (Phi) is 4.85. The Labute approximate surface area is 117 Å². The fourth-order valence-electron chi connectivity index (χ4n) is 3.95. The maximum atomic E-state index is 12.4. The van der Waals surface area contributed by atoms with Crippen molar-refractivity contribution >= 4 is 5.91 Å². The van der Waals surface area contributed by atoms with E-state index in [0.29, 0.717) is 6.54 Å². The van der Waals surface area contributed by atoms with Gasteiger partial charge in [-0.15, -0.1) is 0 Å². The Bertz CT molecular complexity index is 360. The third-order valence-electron chi connectivity index (χ3n) is 5.03. The molecule has 106 valence electrons. The van der Waals surface area contributed by atoms with E-state index in [1.165, 1.54) is 32.1 Å². The Balaban J connectivity index is 1.88. The first-order valence-electron chi connectivity index (χ1n) is 7.76. The Hall–Kier alpha value is -1.04. The smallest absolute Gasteiger partial charge is 0.225 e. The van der Waals surface area contributed by atoms with Gasteiger partial charge >= 0.3 is 0 Å². The molecule has 3 heteroatoms. The predicted molar refractivity (Wildman–Crippen MR) is 75.2 cm³/mol. The minimum Gasteiger partial charge on any atom is -0.344 e. The number of nitriles is 1. The summed E-state index contributed by atoms with van der Waals surface area (Å²) >= 11 is 0. The van der Waals surface area contributed by atoms with Gasteiger partial charge in [0.1, 0.15) is 0 Å². The number of carbonyl (C=O) groups is 1. The zero-order valence-electron chi connectivity index (χ0n) is 12.3. The van der Waals surface area contributed by atoms with Crippen molar-refractivity contribution in [2.45, 2.75) is 51.9 Å². The number of fused-ring (bicyclic) bond motifs is 1. The molecule has 0 N–H and O–H groups in total. The molecule has 0 aromatic rings. The van der Waals surface area contributed by atoms with Gasteiger partial charge in [0, 0.05) is 19.5 Å². The summed E-state index contributed by atoms with van der Waals surface area (Å²) < 4.78 is 0. The molecule has 0 aromatic carbocycles. The number of rotatable bonds is 3. The molecule has 19 heavy (non-hydrogen) atoms. The van der Waals surface area contributed by atoms with Crippen LogP contribution >= 0.6 is 0 Å². The molecule has 3 nitrogen and oxygen atoms in total. The minimum atomic E-state index is -0.0695. The van der Waals surface area contributed by atoms with Crippen molar-refractivity contribution in [2.75, 3.05) is 13.6 Å². The van der Waals surface area contributed by atoms with Gasteiger partial charge in [-0.3, -0.25) is 4.79 Å². The molecule has 1 amide bonds. The summed E-state index contributed by atoms with van der Waals surface area (Å²) in [6, 6.07) is 2.21. The SMILES string of the molecule is CC(C#N)CN(C)C(=O)C1CCC2CCCCC2C1. The standard InChI is InChI=1S/C16H26N2O/c1-12(10-17)11-18(2)16(19)15-8-7-13-5-3-4-6-14(13)9-15/h12-15H,3-9,11H2,1-2H3. The van der Waals surface area contributed by atoms with Crippen molar-refractivity contribution in [2.24, 2.45) is 23.7 Å². The Morgan fingerprint density at radius 1 is 1.26 bits per heavy atom. The van der Waals surface area contributed by atoms with Gasteiger partial charge in [-0.25, -0.2) is 0 Å². The largest absolute Gasteiger partial charge is 0.344 e. The van der Waals surface area contributed by atoms with Gasteiger partial charge in [-0.2, -0.15) is 5.26 Å². The molecule has 0 aliphatic heterocycles. The van der Waals surface area contributed by atoms with Crippen LogP contribution in [0.25, 0.3) is 0 Å². The maximum Gasteiger partial charge on any atom is 0.225 e. The van der Waals surface area contributed by atoms with Crippen molar-refractivity contribution in [1.82, 2.24) is 4.90 Å². The Morgan fingerprint density at radius 2 is 1.95 bits per heavy atom. The second-order valence-corrected chi connectivity index (χ2v) is 6.56. The number of nitrogens with zero attached hydrogens (tertiary/aromatic N) is 2. The summed E-state index contributed by atoms with van der Waals surface area (Å²) in [5.41, 5.74) is 0. The molecule has 0 aromatic heterocycles. The van der Waals surface area contributed by atoms with Gasteiger partial charge in [-0.1, -0.05) is 25.7 Å². The van der Waals surface area contributed by atoms with E-state index in [1.54, 1.807) is 4.90 Å². The van der Waals surface area contributed by atoms with E-state index in [-0.39, 0.29) is 17.7 Å². The van der Waals surface area contributed by atoms with Crippen LogP contribution in [-0.2, 0) is 4.79 Å². The van der Waals surface area contributed by atoms with Crippen LogP contribution in [0.3, 0.4) is 0 Å². The fourth-order valence-corrected chi connectivity index (χ4v) is 3.95. The zero-order chi connectivity index (χ0) is 13.8. The van der Waals surface area contributed by atoms with Crippen LogP contribution < -0.4 is 0 Å². The molecular formula is C16H26N2O. The fraction of sp³-hybridized carbons (Fsp3) is 0.875. The second kappa shape index (κ2) is 6.41. The molecule has 2 aliphatic carbocycles. The lowest BCUT2D eigenvalue weighted by molar-refractivity contribution is -0.136. The molecule has 2 aliphatic rings. The molecule has 0 spiro atoms. The lowest BCUT2D eigenvalue weighted by Gasteiger charge is -2.39. The minimum absolute atomic E-state index is 0.0695. The summed E-state index contributed by atoms with van der Waals surface area (Å²) in [4.78, 5) is 14.2. The summed E-state index contributed by atoms with van der Waals surface area (Å²) in [7, 11) is 1.85. The van der Waals surface area contributed by atoms with E-state index < -0.39 is 0 Å². The predicted octanol–water partition coefficient (Wildman–Crippen LogP) is 3.21. The molecule has 0 saturated heterocycles. The van der Waals surface area contributed by atoms with Crippen LogP contribution in [0.4, 0.5) is 0 Å². The maximum absolute atomic E-state index is 12.4. The van der Waals surface area contributed by atoms with Gasteiger partial charge in [-0.05, 0) is 38.0 Å². The van der Waals surface area contributed by atoms with Crippen LogP contribution in [0.15, 0.2) is 0 Å². The Morgan fingerprint density at radius 3 is 2.63 bits per heavy atom. The molecule has 0 heterocycles. The third kappa shape index (κ3) is 3.49. The molecule has 2 fully saturated rings.